The van der Waals surface area contributed by atoms with E-state index in [9.17, 15) is 14.0 Å². The Bertz CT molecular complexity index is 1230. The van der Waals surface area contributed by atoms with E-state index in [0.717, 1.165) is 18.9 Å². The molecule has 1 saturated carbocycles. The van der Waals surface area contributed by atoms with Gasteiger partial charge in [0, 0.05) is 35.8 Å². The van der Waals surface area contributed by atoms with Gasteiger partial charge in [-0.2, -0.15) is 0 Å². The highest BCUT2D eigenvalue weighted by atomic mass is 19.1. The van der Waals surface area contributed by atoms with E-state index in [-0.39, 0.29) is 23.4 Å². The van der Waals surface area contributed by atoms with Crippen molar-refractivity contribution < 1.29 is 28.2 Å². The summed E-state index contributed by atoms with van der Waals surface area (Å²) in [6.45, 7) is 1.95. The molecule has 2 aromatic carbocycles. The predicted octanol–water partition coefficient (Wildman–Crippen LogP) is 3.96. The van der Waals surface area contributed by atoms with Crippen LogP contribution >= 0.6 is 0 Å². The Morgan fingerprint density at radius 1 is 1.12 bits per heavy atom. The van der Waals surface area contributed by atoms with Gasteiger partial charge in [-0.05, 0) is 37.1 Å². The number of nitrogens with one attached hydrogen (secondary N) is 1. The number of carbonyl (C=O) groups is 2. The molecule has 0 bridgehead atoms. The number of nitrogens with zero attached hydrogens (tertiary/aromatic N) is 1. The van der Waals surface area contributed by atoms with Crippen LogP contribution in [0, 0.1) is 5.82 Å². The summed E-state index contributed by atoms with van der Waals surface area (Å²) in [4.78, 5) is 27.5. The first kappa shape index (κ1) is 22.5. The van der Waals surface area contributed by atoms with Crippen molar-refractivity contribution in [1.82, 2.24) is 4.98 Å². The van der Waals surface area contributed by atoms with Gasteiger partial charge in [0.1, 0.15) is 12.4 Å². The number of pyridine rings is 1. The molecule has 0 atom stereocenters. The lowest BCUT2D eigenvalue weighted by atomic mass is 10.1. The van der Waals surface area contributed by atoms with Gasteiger partial charge < -0.3 is 25.3 Å². The van der Waals surface area contributed by atoms with Gasteiger partial charge in [0.2, 0.25) is 5.78 Å². The lowest BCUT2D eigenvalue weighted by Crippen LogP contribution is -2.29. The molecule has 1 aliphatic carbocycles. The third-order valence-electron chi connectivity index (χ3n) is 5.38. The van der Waals surface area contributed by atoms with Crippen LogP contribution < -0.4 is 25.3 Å². The summed E-state index contributed by atoms with van der Waals surface area (Å²) >= 11 is 0. The van der Waals surface area contributed by atoms with E-state index in [0.29, 0.717) is 34.8 Å². The fraction of sp³-hybridized carbons (Fsp3) is 0.292. The summed E-state index contributed by atoms with van der Waals surface area (Å²) in [5, 5.41) is 2.97. The Morgan fingerprint density at radius 3 is 2.58 bits per heavy atom. The highest BCUT2D eigenvalue weighted by molar-refractivity contribution is 6.40. The predicted molar refractivity (Wildman–Crippen MR) is 120 cm³/mol. The molecular weight excluding hydrogens is 429 g/mol. The molecule has 9 heteroatoms. The number of hydrogen-bond donors (Lipinski definition) is 2. The number of aromatic nitrogens is 1. The standard InChI is InChI=1S/C24H24FN3O5/c1-3-18(29)23(30)28-14-4-5-20(16(25)10-14)33-19-6-9-27-17-12-22(21(31-2)11-15(17)19)32-13-24(26)7-8-24/h4-6,9-12H,3,7-8,13,26H2,1-2H3,(H,28,30). The van der Waals surface area contributed by atoms with Crippen molar-refractivity contribution in [1.29, 1.82) is 0 Å². The molecule has 3 aromatic rings. The number of ketones is 1. The lowest BCUT2D eigenvalue weighted by Gasteiger charge is -2.16. The lowest BCUT2D eigenvalue weighted by molar-refractivity contribution is -0.134. The summed E-state index contributed by atoms with van der Waals surface area (Å²) in [6, 6.07) is 8.97. The monoisotopic (exact) mass is 453 g/mol. The second kappa shape index (κ2) is 9.03. The Balaban J connectivity index is 1.58. The average Bonchev–Trinajstić information content (AvgIpc) is 3.55. The van der Waals surface area contributed by atoms with Crippen molar-refractivity contribution in [3.8, 4) is 23.0 Å². The van der Waals surface area contributed by atoms with Crippen LogP contribution in [0.2, 0.25) is 0 Å². The molecular formula is C24H24FN3O5. The van der Waals surface area contributed by atoms with Crippen LogP contribution in [0.5, 0.6) is 23.0 Å². The molecule has 1 fully saturated rings. The van der Waals surface area contributed by atoms with Gasteiger partial charge in [0.15, 0.2) is 23.1 Å². The SMILES string of the molecule is CCC(=O)C(=O)Nc1ccc(Oc2ccnc3cc(OCC4(N)CC4)c(OC)cc23)c(F)c1. The van der Waals surface area contributed by atoms with E-state index < -0.39 is 17.5 Å². The summed E-state index contributed by atoms with van der Waals surface area (Å²) in [5.41, 5.74) is 6.55. The molecule has 1 amide bonds. The summed E-state index contributed by atoms with van der Waals surface area (Å²) < 4.78 is 31.8. The minimum absolute atomic E-state index is 0.0552. The van der Waals surface area contributed by atoms with Crippen LogP contribution in [-0.2, 0) is 9.59 Å². The molecule has 0 saturated heterocycles. The smallest absolute Gasteiger partial charge is 0.291 e. The van der Waals surface area contributed by atoms with E-state index >= 15 is 0 Å². The highest BCUT2D eigenvalue weighted by Gasteiger charge is 2.39. The van der Waals surface area contributed by atoms with Gasteiger partial charge in [-0.15, -0.1) is 0 Å². The van der Waals surface area contributed by atoms with Crippen LogP contribution in [0.25, 0.3) is 10.9 Å². The number of ether oxygens (including phenoxy) is 3. The van der Waals surface area contributed by atoms with Gasteiger partial charge in [0.25, 0.3) is 5.91 Å². The average molecular weight is 453 g/mol. The molecule has 4 rings (SSSR count). The Labute approximate surface area is 189 Å². The van der Waals surface area contributed by atoms with Crippen LogP contribution in [0.3, 0.4) is 0 Å². The third kappa shape index (κ3) is 5.04. The van der Waals surface area contributed by atoms with Crippen molar-refractivity contribution in [2.24, 2.45) is 5.73 Å². The summed E-state index contributed by atoms with van der Waals surface area (Å²) in [6.07, 6.45) is 3.44. The molecule has 1 aliphatic rings. The number of methoxy groups -OCH3 is 1. The molecule has 172 valence electrons. The zero-order valence-electron chi connectivity index (χ0n) is 18.3. The first-order valence-corrected chi connectivity index (χ1v) is 10.5. The molecule has 1 heterocycles. The zero-order chi connectivity index (χ0) is 23.6. The maximum Gasteiger partial charge on any atom is 0.291 e. The number of anilines is 1. The minimum atomic E-state index is -0.793. The third-order valence-corrected chi connectivity index (χ3v) is 5.38. The van der Waals surface area contributed by atoms with E-state index in [1.807, 2.05) is 0 Å². The van der Waals surface area contributed by atoms with Gasteiger partial charge in [-0.25, -0.2) is 4.39 Å². The molecule has 0 radical (unpaired) electrons. The first-order valence-electron chi connectivity index (χ1n) is 10.5. The van der Waals surface area contributed by atoms with Crippen molar-refractivity contribution in [3.05, 3.63) is 48.4 Å². The second-order valence-corrected chi connectivity index (χ2v) is 7.96. The maximum atomic E-state index is 14.7. The van der Waals surface area contributed by atoms with Crippen LogP contribution in [0.4, 0.5) is 10.1 Å². The number of carbonyl (C=O) groups excluding carboxylic acids is 2. The summed E-state index contributed by atoms with van der Waals surface area (Å²) in [5.74, 6) is -0.790. The highest BCUT2D eigenvalue weighted by Crippen LogP contribution is 2.39. The Kier molecular flexibility index (Phi) is 6.15. The molecule has 1 aromatic heterocycles. The van der Waals surface area contributed by atoms with Crippen molar-refractivity contribution in [3.63, 3.8) is 0 Å². The number of nitrogens with two attached hydrogens (primary N) is 1. The van der Waals surface area contributed by atoms with E-state index in [2.05, 4.69) is 10.3 Å². The van der Waals surface area contributed by atoms with Gasteiger partial charge in [-0.1, -0.05) is 6.92 Å². The quantitative estimate of drug-likeness (QED) is 0.472. The molecule has 0 aliphatic heterocycles. The van der Waals surface area contributed by atoms with Gasteiger partial charge in [0.05, 0.1) is 18.2 Å². The van der Waals surface area contributed by atoms with E-state index in [4.69, 9.17) is 19.9 Å². The normalized spacial score (nSPS) is 13.9. The van der Waals surface area contributed by atoms with E-state index in [1.165, 1.54) is 19.2 Å². The fourth-order valence-electron chi connectivity index (χ4n) is 3.16. The number of amides is 1. The van der Waals surface area contributed by atoms with Crippen LogP contribution in [0.1, 0.15) is 26.2 Å². The maximum absolute atomic E-state index is 14.7. The van der Waals surface area contributed by atoms with Crippen molar-refractivity contribution in [2.75, 3.05) is 19.0 Å². The molecule has 0 spiro atoms. The first-order chi connectivity index (χ1) is 15.8. The van der Waals surface area contributed by atoms with Crippen molar-refractivity contribution in [2.45, 2.75) is 31.7 Å². The topological polar surface area (TPSA) is 113 Å². The van der Waals surface area contributed by atoms with Crippen molar-refractivity contribution >= 4 is 28.3 Å². The largest absolute Gasteiger partial charge is 0.493 e. The second-order valence-electron chi connectivity index (χ2n) is 7.96. The van der Waals surface area contributed by atoms with Gasteiger partial charge in [-0.3, -0.25) is 14.6 Å². The zero-order valence-corrected chi connectivity index (χ0v) is 18.3. The summed E-state index contributed by atoms with van der Waals surface area (Å²) in [7, 11) is 1.52. The molecule has 0 unspecified atom stereocenters. The molecule has 3 N–H and O–H groups in total. The number of hydrogen-bond acceptors (Lipinski definition) is 7. The van der Waals surface area contributed by atoms with Crippen LogP contribution in [0.15, 0.2) is 42.6 Å². The van der Waals surface area contributed by atoms with E-state index in [1.54, 1.807) is 31.3 Å². The number of Topliss-reactive ketones (excluding diaryl/α,β-unsaturated/α-hetero) is 1. The fourth-order valence-corrected chi connectivity index (χ4v) is 3.16. The molecule has 33 heavy (non-hydrogen) atoms. The minimum Gasteiger partial charge on any atom is -0.493 e. The number of fused-ring (bicyclic) bond motifs is 1. The number of rotatable bonds is 9. The Hall–Kier alpha value is -3.72. The number of halogens is 1. The number of benzene rings is 2. The van der Waals surface area contributed by atoms with Crippen LogP contribution in [-0.4, -0.2) is 35.9 Å². The van der Waals surface area contributed by atoms with Gasteiger partial charge >= 0.3 is 0 Å². The molecule has 8 nitrogen and oxygen atoms in total. The Morgan fingerprint density at radius 2 is 1.91 bits per heavy atom.